The van der Waals surface area contributed by atoms with Crippen LogP contribution in [-0.2, 0) is 14.8 Å². The molecule has 2 rings (SSSR count). The molecule has 6 heteroatoms. The zero-order chi connectivity index (χ0) is 16.2. The van der Waals surface area contributed by atoms with Crippen LogP contribution in [0.25, 0.3) is 0 Å². The van der Waals surface area contributed by atoms with E-state index in [4.69, 9.17) is 4.74 Å². The summed E-state index contributed by atoms with van der Waals surface area (Å²) >= 11 is 0. The van der Waals surface area contributed by atoms with Gasteiger partial charge in [0.15, 0.2) is 0 Å². The molecule has 5 nitrogen and oxygen atoms in total. The Hall–Kier alpha value is -2.34. The van der Waals surface area contributed by atoms with E-state index >= 15 is 0 Å². The third kappa shape index (κ3) is 4.08. The van der Waals surface area contributed by atoms with E-state index < -0.39 is 16.0 Å². The van der Waals surface area contributed by atoms with Crippen LogP contribution in [0.3, 0.4) is 0 Å². The van der Waals surface area contributed by atoms with E-state index in [1.54, 1.807) is 50.2 Å². The predicted octanol–water partition coefficient (Wildman–Crippen LogP) is 3.05. The first-order valence-corrected chi connectivity index (χ1v) is 8.26. The normalized spacial score (nSPS) is 11.2. The number of carbonyl (C=O) groups excluding carboxylic acids is 1. The fourth-order valence-corrected chi connectivity index (χ4v) is 2.88. The molecule has 0 aliphatic carbocycles. The quantitative estimate of drug-likeness (QED) is 0.860. The Kier molecular flexibility index (Phi) is 4.82. The summed E-state index contributed by atoms with van der Waals surface area (Å²) in [6, 6.07) is 14.2. The molecule has 0 aliphatic heterocycles. The molecule has 0 atom stereocenters. The molecule has 0 saturated heterocycles. The van der Waals surface area contributed by atoms with Crippen molar-refractivity contribution in [2.24, 2.45) is 0 Å². The molecular formula is C16H17NO4S. The van der Waals surface area contributed by atoms with Gasteiger partial charge >= 0.3 is 5.97 Å². The number of anilines is 1. The molecule has 0 bridgehead atoms. The molecule has 0 unspecified atom stereocenters. The van der Waals surface area contributed by atoms with Crippen molar-refractivity contribution in [3.63, 3.8) is 0 Å². The van der Waals surface area contributed by atoms with Gasteiger partial charge in [0.25, 0.3) is 10.0 Å². The number of hydrogen-bond donors (Lipinski definition) is 1. The Balaban J connectivity index is 2.22. The van der Waals surface area contributed by atoms with Crippen LogP contribution < -0.4 is 4.72 Å². The Morgan fingerprint density at radius 3 is 2.36 bits per heavy atom. The van der Waals surface area contributed by atoms with E-state index in [1.165, 1.54) is 18.2 Å². The van der Waals surface area contributed by atoms with Crippen molar-refractivity contribution in [1.82, 2.24) is 0 Å². The first-order valence-electron chi connectivity index (χ1n) is 6.77. The first kappa shape index (κ1) is 16.0. The fourth-order valence-electron chi connectivity index (χ4n) is 1.81. The second kappa shape index (κ2) is 6.62. The number of benzene rings is 2. The largest absolute Gasteiger partial charge is 0.459 e. The van der Waals surface area contributed by atoms with Gasteiger partial charge in [-0.2, -0.15) is 0 Å². The van der Waals surface area contributed by atoms with Crippen LogP contribution in [0.1, 0.15) is 24.2 Å². The lowest BCUT2D eigenvalue weighted by Crippen LogP contribution is -2.14. The van der Waals surface area contributed by atoms with Gasteiger partial charge in [0, 0.05) is 5.69 Å². The van der Waals surface area contributed by atoms with Crippen LogP contribution in [-0.4, -0.2) is 20.5 Å². The minimum absolute atomic E-state index is 0.158. The molecule has 0 aromatic heterocycles. The van der Waals surface area contributed by atoms with Gasteiger partial charge in [-0.25, -0.2) is 13.2 Å². The van der Waals surface area contributed by atoms with Gasteiger partial charge in [0.1, 0.15) is 0 Å². The molecule has 0 fully saturated rings. The van der Waals surface area contributed by atoms with Gasteiger partial charge in [-0.05, 0) is 44.2 Å². The van der Waals surface area contributed by atoms with Gasteiger partial charge in [-0.15, -0.1) is 0 Å². The molecule has 0 radical (unpaired) electrons. The van der Waals surface area contributed by atoms with Crippen molar-refractivity contribution in [2.75, 3.05) is 4.72 Å². The number of carbonyl (C=O) groups is 1. The molecule has 0 aliphatic rings. The van der Waals surface area contributed by atoms with Gasteiger partial charge in [0.05, 0.1) is 16.6 Å². The van der Waals surface area contributed by atoms with Crippen LogP contribution in [0.2, 0.25) is 0 Å². The van der Waals surface area contributed by atoms with Crippen molar-refractivity contribution in [1.29, 1.82) is 0 Å². The van der Waals surface area contributed by atoms with E-state index in [1.807, 2.05) is 0 Å². The Morgan fingerprint density at radius 2 is 1.73 bits per heavy atom. The maximum Gasteiger partial charge on any atom is 0.338 e. The molecule has 22 heavy (non-hydrogen) atoms. The zero-order valence-corrected chi connectivity index (χ0v) is 13.1. The van der Waals surface area contributed by atoms with Crippen molar-refractivity contribution >= 4 is 21.7 Å². The van der Waals surface area contributed by atoms with Crippen molar-refractivity contribution in [3.8, 4) is 0 Å². The SMILES string of the molecule is CC(C)OC(=O)c1cccc(NS(=O)(=O)c2ccccc2)c1. The summed E-state index contributed by atoms with van der Waals surface area (Å²) in [6.45, 7) is 3.50. The van der Waals surface area contributed by atoms with Crippen LogP contribution in [0, 0.1) is 0 Å². The summed E-state index contributed by atoms with van der Waals surface area (Å²) in [4.78, 5) is 12.0. The molecule has 0 heterocycles. The number of hydrogen-bond acceptors (Lipinski definition) is 4. The van der Waals surface area contributed by atoms with Crippen molar-refractivity contribution in [3.05, 3.63) is 60.2 Å². The van der Waals surface area contributed by atoms with Gasteiger partial charge in [-0.1, -0.05) is 24.3 Å². The average molecular weight is 319 g/mol. The maximum atomic E-state index is 12.2. The second-order valence-electron chi connectivity index (χ2n) is 4.95. The summed E-state index contributed by atoms with van der Waals surface area (Å²) < 4.78 is 32.0. The highest BCUT2D eigenvalue weighted by Gasteiger charge is 2.15. The molecule has 1 N–H and O–H groups in total. The fraction of sp³-hybridized carbons (Fsp3) is 0.188. The zero-order valence-electron chi connectivity index (χ0n) is 12.3. The van der Waals surface area contributed by atoms with E-state index in [9.17, 15) is 13.2 Å². The van der Waals surface area contributed by atoms with Gasteiger partial charge in [0.2, 0.25) is 0 Å². The van der Waals surface area contributed by atoms with E-state index in [2.05, 4.69) is 4.72 Å². The second-order valence-corrected chi connectivity index (χ2v) is 6.64. The van der Waals surface area contributed by atoms with Gasteiger partial charge in [-0.3, -0.25) is 4.72 Å². The van der Waals surface area contributed by atoms with E-state index in [0.717, 1.165) is 0 Å². The van der Waals surface area contributed by atoms with Crippen molar-refractivity contribution < 1.29 is 17.9 Å². The van der Waals surface area contributed by atoms with Crippen LogP contribution >= 0.6 is 0 Å². The molecule has 0 amide bonds. The standard InChI is InChI=1S/C16H17NO4S/c1-12(2)21-16(18)13-7-6-8-14(11-13)17-22(19,20)15-9-4-3-5-10-15/h3-12,17H,1-2H3. The summed E-state index contributed by atoms with van der Waals surface area (Å²) in [6.07, 6.45) is -0.239. The van der Waals surface area contributed by atoms with Crippen LogP contribution in [0.5, 0.6) is 0 Å². The highest BCUT2D eigenvalue weighted by molar-refractivity contribution is 7.92. The minimum Gasteiger partial charge on any atom is -0.459 e. The highest BCUT2D eigenvalue weighted by Crippen LogP contribution is 2.17. The monoisotopic (exact) mass is 319 g/mol. The summed E-state index contributed by atoms with van der Waals surface area (Å²) in [5, 5.41) is 0. The molecule has 0 spiro atoms. The highest BCUT2D eigenvalue weighted by atomic mass is 32.2. The van der Waals surface area contributed by atoms with Gasteiger partial charge < -0.3 is 4.74 Å². The predicted molar refractivity (Wildman–Crippen MR) is 84.2 cm³/mol. The van der Waals surface area contributed by atoms with Crippen LogP contribution in [0.4, 0.5) is 5.69 Å². The number of esters is 1. The minimum atomic E-state index is -3.68. The lowest BCUT2D eigenvalue weighted by molar-refractivity contribution is 0.0378. The van der Waals surface area contributed by atoms with Crippen LogP contribution in [0.15, 0.2) is 59.5 Å². The Morgan fingerprint density at radius 1 is 1.05 bits per heavy atom. The maximum absolute atomic E-state index is 12.2. The molecule has 2 aromatic rings. The lowest BCUT2D eigenvalue weighted by atomic mass is 10.2. The molecule has 0 saturated carbocycles. The van der Waals surface area contributed by atoms with E-state index in [-0.39, 0.29) is 11.0 Å². The number of sulfonamides is 1. The smallest absolute Gasteiger partial charge is 0.338 e. The van der Waals surface area contributed by atoms with E-state index in [0.29, 0.717) is 11.3 Å². The topological polar surface area (TPSA) is 72.5 Å². The number of rotatable bonds is 5. The lowest BCUT2D eigenvalue weighted by Gasteiger charge is -2.11. The molecule has 2 aromatic carbocycles. The Labute approximate surface area is 130 Å². The summed E-state index contributed by atoms with van der Waals surface area (Å²) in [5.41, 5.74) is 0.601. The summed E-state index contributed by atoms with van der Waals surface area (Å²) in [7, 11) is -3.68. The Bertz CT molecular complexity index is 755. The number of ether oxygens (including phenoxy) is 1. The first-order chi connectivity index (χ1) is 10.4. The summed E-state index contributed by atoms with van der Waals surface area (Å²) in [5.74, 6) is -0.490. The molecular weight excluding hydrogens is 302 g/mol. The molecule has 116 valence electrons. The van der Waals surface area contributed by atoms with Crippen molar-refractivity contribution in [2.45, 2.75) is 24.8 Å². The average Bonchev–Trinajstić information content (AvgIpc) is 2.47. The third-order valence-electron chi connectivity index (χ3n) is 2.75. The third-order valence-corrected chi connectivity index (χ3v) is 4.14. The number of nitrogens with one attached hydrogen (secondary N) is 1.